The van der Waals surface area contributed by atoms with Crippen LogP contribution in [-0.2, 0) is 0 Å². The van der Waals surface area contributed by atoms with Crippen LogP contribution in [0.3, 0.4) is 0 Å². The molecule has 0 spiro atoms. The molecule has 0 saturated carbocycles. The smallest absolute Gasteiger partial charge is 0.353 e. The molecule has 0 saturated heterocycles. The highest BCUT2D eigenvalue weighted by Crippen LogP contribution is 2.36. The number of benzene rings is 2. The van der Waals surface area contributed by atoms with Crippen molar-refractivity contribution in [3.05, 3.63) is 69.0 Å². The Morgan fingerprint density at radius 2 is 1.63 bits per heavy atom. The average molecular weight is 406 g/mol. The van der Waals surface area contributed by atoms with Crippen molar-refractivity contribution in [1.29, 1.82) is 0 Å². The van der Waals surface area contributed by atoms with Crippen LogP contribution < -0.4 is 15.4 Å². The first-order valence-electron chi connectivity index (χ1n) is 7.60. The van der Waals surface area contributed by atoms with E-state index in [9.17, 15) is 10.1 Å². The van der Waals surface area contributed by atoms with Crippen molar-refractivity contribution < 1.29 is 9.66 Å². The second-order valence-electron chi connectivity index (χ2n) is 5.28. The second kappa shape index (κ2) is 8.07. The van der Waals surface area contributed by atoms with Crippen molar-refractivity contribution >= 4 is 51.9 Å². The summed E-state index contributed by atoms with van der Waals surface area (Å²) in [6, 6.07) is 11.6. The molecule has 0 unspecified atom stereocenters. The van der Waals surface area contributed by atoms with Crippen molar-refractivity contribution in [1.82, 2.24) is 9.97 Å². The van der Waals surface area contributed by atoms with Gasteiger partial charge in [-0.25, -0.2) is 9.97 Å². The van der Waals surface area contributed by atoms with Gasteiger partial charge in [0.2, 0.25) is 11.6 Å². The van der Waals surface area contributed by atoms with E-state index < -0.39 is 4.92 Å². The largest absolute Gasteiger partial charge is 0.495 e. The fraction of sp³-hybridized carbons (Fsp3) is 0.0588. The Morgan fingerprint density at radius 3 is 2.26 bits per heavy atom. The summed E-state index contributed by atoms with van der Waals surface area (Å²) in [4.78, 5) is 19.1. The summed E-state index contributed by atoms with van der Waals surface area (Å²) in [7, 11) is 1.48. The molecule has 10 heteroatoms. The van der Waals surface area contributed by atoms with E-state index in [1.807, 2.05) is 0 Å². The van der Waals surface area contributed by atoms with E-state index in [1.54, 1.807) is 42.5 Å². The van der Waals surface area contributed by atoms with Crippen molar-refractivity contribution in [2.24, 2.45) is 0 Å². The Bertz CT molecular complexity index is 983. The number of halogens is 2. The molecule has 0 fully saturated rings. The fourth-order valence-electron chi connectivity index (χ4n) is 2.31. The Kier molecular flexibility index (Phi) is 5.58. The second-order valence-corrected chi connectivity index (χ2v) is 6.15. The summed E-state index contributed by atoms with van der Waals surface area (Å²) in [5.41, 5.74) is 0.700. The summed E-state index contributed by atoms with van der Waals surface area (Å²) in [5.74, 6) is 0.479. The van der Waals surface area contributed by atoms with E-state index >= 15 is 0 Å². The van der Waals surface area contributed by atoms with E-state index in [-0.39, 0.29) is 17.3 Å². The summed E-state index contributed by atoms with van der Waals surface area (Å²) in [6.07, 6.45) is 1.21. The molecule has 3 rings (SSSR count). The Labute approximate surface area is 164 Å². The van der Waals surface area contributed by atoms with Gasteiger partial charge >= 0.3 is 5.69 Å². The lowest BCUT2D eigenvalue weighted by Gasteiger charge is -2.12. The quantitative estimate of drug-likeness (QED) is 0.429. The molecular weight excluding hydrogens is 393 g/mol. The van der Waals surface area contributed by atoms with Gasteiger partial charge in [-0.05, 0) is 42.5 Å². The predicted octanol–water partition coefficient (Wildman–Crippen LogP) is 5.19. The summed E-state index contributed by atoms with van der Waals surface area (Å²) >= 11 is 11.9. The average Bonchev–Trinajstić information content (AvgIpc) is 2.64. The van der Waals surface area contributed by atoms with Gasteiger partial charge in [0.1, 0.15) is 12.1 Å². The maximum atomic E-state index is 11.7. The van der Waals surface area contributed by atoms with Gasteiger partial charge in [0.05, 0.1) is 17.7 Å². The van der Waals surface area contributed by atoms with E-state index in [4.69, 9.17) is 27.9 Å². The molecule has 0 aliphatic carbocycles. The van der Waals surface area contributed by atoms with E-state index in [2.05, 4.69) is 20.6 Å². The molecule has 138 valence electrons. The van der Waals surface area contributed by atoms with Crippen LogP contribution in [0.2, 0.25) is 10.0 Å². The van der Waals surface area contributed by atoms with Crippen LogP contribution in [0.1, 0.15) is 0 Å². The number of nitrogens with one attached hydrogen (secondary N) is 2. The molecule has 2 N–H and O–H groups in total. The normalized spacial score (nSPS) is 10.3. The van der Waals surface area contributed by atoms with Gasteiger partial charge in [-0.3, -0.25) is 10.1 Å². The zero-order chi connectivity index (χ0) is 19.4. The number of rotatable bonds is 6. The Hall–Kier alpha value is -3.10. The molecule has 27 heavy (non-hydrogen) atoms. The van der Waals surface area contributed by atoms with Crippen molar-refractivity contribution in [2.75, 3.05) is 17.7 Å². The van der Waals surface area contributed by atoms with Crippen LogP contribution in [0, 0.1) is 10.1 Å². The Morgan fingerprint density at radius 1 is 1.00 bits per heavy atom. The molecule has 0 aliphatic rings. The number of hydrogen-bond donors (Lipinski definition) is 2. The molecule has 0 amide bonds. The van der Waals surface area contributed by atoms with Gasteiger partial charge in [-0.2, -0.15) is 0 Å². The predicted molar refractivity (Wildman–Crippen MR) is 105 cm³/mol. The zero-order valence-corrected chi connectivity index (χ0v) is 15.5. The highest BCUT2D eigenvalue weighted by atomic mass is 35.5. The SMILES string of the molecule is COc1ccc(Cl)cc1Nc1ncnc(Nc2ccc(Cl)cc2)c1[N+](=O)[O-]. The lowest BCUT2D eigenvalue weighted by atomic mass is 10.2. The summed E-state index contributed by atoms with van der Waals surface area (Å²) in [6.45, 7) is 0. The van der Waals surface area contributed by atoms with Gasteiger partial charge < -0.3 is 15.4 Å². The van der Waals surface area contributed by atoms with Crippen LogP contribution >= 0.6 is 23.2 Å². The number of anilines is 4. The first-order chi connectivity index (χ1) is 13.0. The summed E-state index contributed by atoms with van der Waals surface area (Å²) in [5, 5.41) is 18.4. The number of methoxy groups -OCH3 is 1. The molecule has 2 aromatic carbocycles. The monoisotopic (exact) mass is 405 g/mol. The minimum Gasteiger partial charge on any atom is -0.495 e. The highest BCUT2D eigenvalue weighted by Gasteiger charge is 2.24. The number of aromatic nitrogens is 2. The molecule has 0 bridgehead atoms. The number of nitro groups is 1. The number of ether oxygens (including phenoxy) is 1. The lowest BCUT2D eigenvalue weighted by molar-refractivity contribution is -0.383. The van der Waals surface area contributed by atoms with Crippen molar-refractivity contribution in [3.63, 3.8) is 0 Å². The van der Waals surface area contributed by atoms with E-state index in [1.165, 1.54) is 13.4 Å². The maximum Gasteiger partial charge on any atom is 0.353 e. The highest BCUT2D eigenvalue weighted by molar-refractivity contribution is 6.31. The van der Waals surface area contributed by atoms with Crippen molar-refractivity contribution in [2.45, 2.75) is 0 Å². The van der Waals surface area contributed by atoms with Crippen LogP contribution in [0.15, 0.2) is 48.8 Å². The minimum atomic E-state index is -0.572. The molecule has 1 heterocycles. The van der Waals surface area contributed by atoms with Crippen LogP contribution in [-0.4, -0.2) is 22.0 Å². The minimum absolute atomic E-state index is 0.00738. The topological polar surface area (TPSA) is 102 Å². The van der Waals surface area contributed by atoms with Gasteiger partial charge in [0.25, 0.3) is 0 Å². The Balaban J connectivity index is 2.00. The van der Waals surface area contributed by atoms with Gasteiger partial charge in [-0.15, -0.1) is 0 Å². The van der Waals surface area contributed by atoms with Crippen LogP contribution in [0.4, 0.5) is 28.7 Å². The molecule has 0 radical (unpaired) electrons. The molecule has 0 atom stereocenters. The maximum absolute atomic E-state index is 11.7. The molecule has 3 aromatic rings. The van der Waals surface area contributed by atoms with Gasteiger partial charge in [0.15, 0.2) is 0 Å². The van der Waals surface area contributed by atoms with E-state index in [0.29, 0.717) is 27.2 Å². The first kappa shape index (κ1) is 18.7. The lowest BCUT2D eigenvalue weighted by Crippen LogP contribution is -2.06. The standard InChI is InChI=1S/C17H13Cl2N5O3/c1-27-14-7-4-11(19)8-13(14)23-17-15(24(25)26)16(20-9-21-17)22-12-5-2-10(18)3-6-12/h2-9H,1H3,(H2,20,21,22,23). The third-order valence-electron chi connectivity index (χ3n) is 3.53. The third kappa shape index (κ3) is 4.36. The first-order valence-corrected chi connectivity index (χ1v) is 8.36. The number of nitrogens with zero attached hydrogens (tertiary/aromatic N) is 3. The van der Waals surface area contributed by atoms with Crippen LogP contribution in [0.25, 0.3) is 0 Å². The third-order valence-corrected chi connectivity index (χ3v) is 4.01. The van der Waals surface area contributed by atoms with Gasteiger partial charge in [0, 0.05) is 15.7 Å². The van der Waals surface area contributed by atoms with Crippen LogP contribution in [0.5, 0.6) is 5.75 Å². The fourth-order valence-corrected chi connectivity index (χ4v) is 2.61. The van der Waals surface area contributed by atoms with Crippen molar-refractivity contribution in [3.8, 4) is 5.75 Å². The van der Waals surface area contributed by atoms with E-state index in [0.717, 1.165) is 0 Å². The molecular formula is C17H13Cl2N5O3. The molecule has 0 aliphatic heterocycles. The zero-order valence-electron chi connectivity index (χ0n) is 13.9. The molecule has 8 nitrogen and oxygen atoms in total. The summed E-state index contributed by atoms with van der Waals surface area (Å²) < 4.78 is 5.25. The molecule has 1 aromatic heterocycles. The van der Waals surface area contributed by atoms with Gasteiger partial charge in [-0.1, -0.05) is 23.2 Å². The number of hydrogen-bond acceptors (Lipinski definition) is 7.